The number of esters is 1. The smallest absolute Gasteiger partial charge is 0.377 e. The summed E-state index contributed by atoms with van der Waals surface area (Å²) in [6.07, 6.45) is -2.98. The highest BCUT2D eigenvalue weighted by Gasteiger charge is 2.64. The summed E-state index contributed by atoms with van der Waals surface area (Å²) in [5, 5.41) is 22.2. The zero-order chi connectivity index (χ0) is 38.7. The number of nitrogens with one attached hydrogen (secondary N) is 1. The summed E-state index contributed by atoms with van der Waals surface area (Å²) in [4.78, 5) is 66.9. The van der Waals surface area contributed by atoms with Gasteiger partial charge in [0.1, 0.15) is 24.7 Å². The van der Waals surface area contributed by atoms with Crippen LogP contribution in [0.25, 0.3) is 0 Å². The molecule has 0 spiro atoms. The number of likely N-dealkylation sites (N-methyl/N-ethyl adjacent to an activating group) is 1. The molecule has 3 N–H and O–H groups in total. The molecule has 282 valence electrons. The van der Waals surface area contributed by atoms with Crippen molar-refractivity contribution in [3.8, 4) is 11.5 Å². The molecule has 0 aromatic heterocycles. The van der Waals surface area contributed by atoms with Crippen LogP contribution >= 0.6 is 0 Å². The van der Waals surface area contributed by atoms with Crippen LogP contribution in [0.5, 0.6) is 11.5 Å². The van der Waals surface area contributed by atoms with Gasteiger partial charge in [-0.1, -0.05) is 91.0 Å². The minimum Gasteiger partial charge on any atom is -0.477 e. The molecule has 1 saturated heterocycles. The summed E-state index contributed by atoms with van der Waals surface area (Å²) < 4.78 is 22.2. The molecule has 13 heteroatoms. The van der Waals surface area contributed by atoms with Gasteiger partial charge in [-0.3, -0.25) is 14.4 Å². The van der Waals surface area contributed by atoms with Crippen LogP contribution in [-0.4, -0.2) is 82.0 Å². The molecule has 0 radical (unpaired) electrons. The van der Waals surface area contributed by atoms with Crippen molar-refractivity contribution in [2.24, 2.45) is 0 Å². The van der Waals surface area contributed by atoms with Crippen molar-refractivity contribution in [3.05, 3.63) is 132 Å². The standard InChI is InChI=1S/C41H42N2O11/c1-3-42-37(45)35-36(54-41(53-35,39(47)48)40(49)50)38(46)43(25-34(44)51-26-29-15-9-5-10-16-29)27(2)33(24-19-28-13-7-4-8-14-28)30-20-22-32(23-21-30)52-31-17-11-6-12-18-31/h4-18,20-23,27,33,35-36H,3,19,24-26H2,1-2H3,(H,42,45)(H,47,48)(H,49,50)/t27-,33+,35+,36+/m1/s1. The maximum absolute atomic E-state index is 14.6. The van der Waals surface area contributed by atoms with E-state index in [0.29, 0.717) is 29.9 Å². The molecule has 1 fully saturated rings. The molecular weight excluding hydrogens is 696 g/mol. The van der Waals surface area contributed by atoms with E-state index in [1.807, 2.05) is 78.9 Å². The number of amides is 2. The van der Waals surface area contributed by atoms with E-state index in [2.05, 4.69) is 5.32 Å². The van der Waals surface area contributed by atoms with Crippen LogP contribution in [-0.2, 0) is 51.2 Å². The number of carbonyl (C=O) groups is 5. The van der Waals surface area contributed by atoms with Gasteiger partial charge in [-0.15, -0.1) is 0 Å². The van der Waals surface area contributed by atoms with Crippen LogP contribution in [0.15, 0.2) is 115 Å². The van der Waals surface area contributed by atoms with Gasteiger partial charge >= 0.3 is 23.7 Å². The first-order valence-corrected chi connectivity index (χ1v) is 17.5. The van der Waals surface area contributed by atoms with Crippen molar-refractivity contribution < 1.29 is 53.1 Å². The number of carboxylic acids is 2. The topological polar surface area (TPSA) is 178 Å². The molecule has 0 aliphatic carbocycles. The molecule has 1 heterocycles. The predicted octanol–water partition coefficient (Wildman–Crippen LogP) is 4.94. The number of rotatable bonds is 17. The number of hydrogen-bond acceptors (Lipinski definition) is 9. The van der Waals surface area contributed by atoms with Crippen LogP contribution in [0.1, 0.15) is 42.9 Å². The SMILES string of the molecule is CCNC(=O)[C@H]1OC(C(=O)O)(C(=O)O)O[C@@H]1C(=O)N(CC(=O)OCc1ccccc1)[C@H](C)[C@H](CCc1ccccc1)c1ccc(Oc2ccccc2)cc1. The molecule has 4 aromatic carbocycles. The van der Waals surface area contributed by atoms with Gasteiger partial charge in [0.15, 0.2) is 12.2 Å². The Balaban J connectivity index is 1.51. The number of carboxylic acid groups (broad SMARTS) is 2. The third kappa shape index (κ3) is 9.48. The molecule has 0 saturated carbocycles. The maximum atomic E-state index is 14.6. The summed E-state index contributed by atoms with van der Waals surface area (Å²) in [6, 6.07) is 34.3. The molecule has 0 unspecified atom stereocenters. The molecular formula is C41H42N2O11. The molecule has 2 amide bonds. The molecule has 4 aromatic rings. The Hall–Kier alpha value is -6.05. The van der Waals surface area contributed by atoms with Gasteiger partial charge in [0, 0.05) is 18.5 Å². The van der Waals surface area contributed by atoms with Crippen molar-refractivity contribution in [1.82, 2.24) is 10.2 Å². The molecule has 5 rings (SSSR count). The fourth-order valence-electron chi connectivity index (χ4n) is 6.23. The zero-order valence-corrected chi connectivity index (χ0v) is 29.8. The van der Waals surface area contributed by atoms with Gasteiger partial charge in [0.05, 0.1) is 0 Å². The fourth-order valence-corrected chi connectivity index (χ4v) is 6.23. The van der Waals surface area contributed by atoms with Crippen LogP contribution in [0.3, 0.4) is 0 Å². The lowest BCUT2D eigenvalue weighted by molar-refractivity contribution is -0.220. The van der Waals surface area contributed by atoms with E-state index in [1.165, 1.54) is 0 Å². The summed E-state index contributed by atoms with van der Waals surface area (Å²) in [7, 11) is 0. The normalized spacial score (nSPS) is 17.1. The quantitative estimate of drug-likeness (QED) is 0.0988. The van der Waals surface area contributed by atoms with Gasteiger partial charge in [-0.05, 0) is 67.6 Å². The number of nitrogens with zero attached hydrogens (tertiary/aromatic N) is 1. The Labute approximate surface area is 312 Å². The van der Waals surface area contributed by atoms with Crippen molar-refractivity contribution in [2.45, 2.75) is 63.3 Å². The zero-order valence-electron chi connectivity index (χ0n) is 29.8. The molecule has 1 aliphatic rings. The lowest BCUT2D eigenvalue weighted by atomic mass is 9.85. The lowest BCUT2D eigenvalue weighted by Gasteiger charge is -2.36. The second kappa shape index (κ2) is 18.1. The summed E-state index contributed by atoms with van der Waals surface area (Å²) in [5.74, 6) is -9.55. The van der Waals surface area contributed by atoms with Crippen molar-refractivity contribution in [1.29, 1.82) is 0 Å². The van der Waals surface area contributed by atoms with E-state index in [4.69, 9.17) is 18.9 Å². The van der Waals surface area contributed by atoms with Crippen molar-refractivity contribution >= 4 is 29.7 Å². The Morgan fingerprint density at radius 2 is 1.30 bits per heavy atom. The fraction of sp³-hybridized carbons (Fsp3) is 0.293. The second-order valence-electron chi connectivity index (χ2n) is 12.7. The van der Waals surface area contributed by atoms with Crippen LogP contribution in [0.2, 0.25) is 0 Å². The van der Waals surface area contributed by atoms with Gasteiger partial charge in [-0.25, -0.2) is 9.59 Å². The Bertz CT molecular complexity index is 1870. The monoisotopic (exact) mass is 738 g/mol. The number of benzene rings is 4. The van der Waals surface area contributed by atoms with Gasteiger partial charge < -0.3 is 39.4 Å². The van der Waals surface area contributed by atoms with E-state index in [-0.39, 0.29) is 13.2 Å². The Morgan fingerprint density at radius 1 is 0.759 bits per heavy atom. The Morgan fingerprint density at radius 3 is 1.87 bits per heavy atom. The molecule has 1 aliphatic heterocycles. The van der Waals surface area contributed by atoms with E-state index in [9.17, 15) is 34.2 Å². The number of para-hydroxylation sites is 1. The lowest BCUT2D eigenvalue weighted by Crippen LogP contribution is -2.54. The molecule has 0 bridgehead atoms. The second-order valence-corrected chi connectivity index (χ2v) is 12.7. The van der Waals surface area contributed by atoms with E-state index < -0.39 is 66.2 Å². The minimum atomic E-state index is -3.36. The van der Waals surface area contributed by atoms with Gasteiger partial charge in [0.25, 0.3) is 11.8 Å². The van der Waals surface area contributed by atoms with Crippen LogP contribution < -0.4 is 10.1 Å². The number of hydrogen-bond donors (Lipinski definition) is 3. The number of aliphatic carboxylic acids is 2. The Kier molecular flexibility index (Phi) is 13.1. The largest absolute Gasteiger partial charge is 0.477 e. The third-order valence-electron chi connectivity index (χ3n) is 9.05. The number of aryl methyl sites for hydroxylation is 1. The van der Waals surface area contributed by atoms with Crippen molar-refractivity contribution in [3.63, 3.8) is 0 Å². The molecule has 13 nitrogen and oxygen atoms in total. The maximum Gasteiger partial charge on any atom is 0.377 e. The molecule has 4 atom stereocenters. The first-order valence-electron chi connectivity index (χ1n) is 17.5. The number of carbonyl (C=O) groups excluding carboxylic acids is 3. The average molecular weight is 739 g/mol. The summed E-state index contributed by atoms with van der Waals surface area (Å²) in [5.41, 5.74) is 2.51. The van der Waals surface area contributed by atoms with Gasteiger partial charge in [-0.2, -0.15) is 0 Å². The minimum absolute atomic E-state index is 0.0597. The van der Waals surface area contributed by atoms with Crippen LogP contribution in [0, 0.1) is 0 Å². The third-order valence-corrected chi connectivity index (χ3v) is 9.05. The highest BCUT2D eigenvalue weighted by atomic mass is 16.8. The average Bonchev–Trinajstić information content (AvgIpc) is 3.61. The first-order chi connectivity index (χ1) is 26.0. The van der Waals surface area contributed by atoms with E-state index in [1.54, 1.807) is 50.2 Å². The van der Waals surface area contributed by atoms with Gasteiger partial charge in [0.2, 0.25) is 0 Å². The highest BCUT2D eigenvalue weighted by Crippen LogP contribution is 2.35. The van der Waals surface area contributed by atoms with Crippen LogP contribution in [0.4, 0.5) is 0 Å². The predicted molar refractivity (Wildman–Crippen MR) is 194 cm³/mol. The first kappa shape index (κ1) is 39.2. The molecule has 54 heavy (non-hydrogen) atoms. The summed E-state index contributed by atoms with van der Waals surface area (Å²) in [6.45, 7) is 2.62. The van der Waals surface area contributed by atoms with Crippen molar-refractivity contribution in [2.75, 3.05) is 13.1 Å². The van der Waals surface area contributed by atoms with E-state index >= 15 is 0 Å². The highest BCUT2D eigenvalue weighted by molar-refractivity contribution is 6.03. The van der Waals surface area contributed by atoms with E-state index in [0.717, 1.165) is 16.0 Å². The number of ether oxygens (including phenoxy) is 4. The summed E-state index contributed by atoms with van der Waals surface area (Å²) >= 11 is 0.